The van der Waals surface area contributed by atoms with Gasteiger partial charge in [0.15, 0.2) is 0 Å². The lowest BCUT2D eigenvalue weighted by molar-refractivity contribution is -0.384. The number of hydrazone groups is 1. The van der Waals surface area contributed by atoms with E-state index in [2.05, 4.69) is 20.8 Å². The van der Waals surface area contributed by atoms with Gasteiger partial charge in [-0.15, -0.1) is 0 Å². The molecule has 10 heteroatoms. The number of nitro groups is 1. The number of carbonyl (C=O) groups is 2. The highest BCUT2D eigenvalue weighted by Crippen LogP contribution is 2.22. The smallest absolute Gasteiger partial charge is 0.272 e. The van der Waals surface area contributed by atoms with E-state index in [-0.39, 0.29) is 28.6 Å². The Bertz CT molecular complexity index is 870. The summed E-state index contributed by atoms with van der Waals surface area (Å²) in [5.41, 5.74) is 2.98. The molecule has 0 saturated carbocycles. The molecule has 0 unspecified atom stereocenters. The molecule has 0 radical (unpaired) electrons. The van der Waals surface area contributed by atoms with Crippen molar-refractivity contribution < 1.29 is 14.5 Å². The van der Waals surface area contributed by atoms with Crippen LogP contribution in [0.5, 0.6) is 0 Å². The summed E-state index contributed by atoms with van der Waals surface area (Å²) in [7, 11) is 0. The first kappa shape index (κ1) is 19.0. The van der Waals surface area contributed by atoms with Gasteiger partial charge in [0.05, 0.1) is 33.8 Å². The Morgan fingerprint density at radius 2 is 2.12 bits per heavy atom. The molecule has 0 saturated heterocycles. The minimum absolute atomic E-state index is 0.0358. The molecule has 2 aromatic rings. The average Bonchev–Trinajstić information content (AvgIpc) is 2.60. The van der Waals surface area contributed by atoms with E-state index in [1.54, 1.807) is 25.3 Å². The van der Waals surface area contributed by atoms with Crippen LogP contribution in [0.15, 0.2) is 47.8 Å². The molecule has 0 bridgehead atoms. The Hall–Kier alpha value is -3.33. The highest BCUT2D eigenvalue weighted by atomic mass is 35.5. The fraction of sp³-hybridized carbons (Fsp3) is 0.125. The van der Waals surface area contributed by atoms with Crippen LogP contribution >= 0.6 is 11.6 Å². The lowest BCUT2D eigenvalue weighted by atomic mass is 10.2. The molecule has 1 aromatic heterocycles. The maximum absolute atomic E-state index is 12.0. The quantitative estimate of drug-likeness (QED) is 0.456. The maximum Gasteiger partial charge on any atom is 0.272 e. The zero-order valence-electron chi connectivity index (χ0n) is 13.6. The van der Waals surface area contributed by atoms with Crippen LogP contribution in [0.3, 0.4) is 0 Å². The van der Waals surface area contributed by atoms with Crippen molar-refractivity contribution >= 4 is 40.5 Å². The number of nitrogens with one attached hydrogen (secondary N) is 2. The molecule has 0 atom stereocenters. The number of nitrogens with zero attached hydrogens (tertiary/aromatic N) is 3. The van der Waals surface area contributed by atoms with Gasteiger partial charge in [0, 0.05) is 24.0 Å². The highest BCUT2D eigenvalue weighted by Gasteiger charge is 2.15. The second-order valence-corrected chi connectivity index (χ2v) is 5.58. The number of amides is 2. The number of pyridine rings is 1. The van der Waals surface area contributed by atoms with Gasteiger partial charge in [-0.1, -0.05) is 11.6 Å². The van der Waals surface area contributed by atoms with Gasteiger partial charge in [-0.05, 0) is 25.1 Å². The predicted octanol–water partition coefficient (Wildman–Crippen LogP) is 2.78. The number of anilines is 1. The molecule has 0 aliphatic heterocycles. The third kappa shape index (κ3) is 5.35. The SMILES string of the molecule is C/C(CC(=O)Nc1cccnc1)=N\NC(=O)c1ccc([N+](=O)[O-])cc1Cl. The number of halogens is 1. The van der Waals surface area contributed by atoms with Crippen LogP contribution in [0, 0.1) is 10.1 Å². The minimum atomic E-state index is -0.642. The molecule has 9 nitrogen and oxygen atoms in total. The molecule has 134 valence electrons. The zero-order chi connectivity index (χ0) is 19.1. The van der Waals surface area contributed by atoms with E-state index in [1.807, 2.05) is 0 Å². The van der Waals surface area contributed by atoms with E-state index in [1.165, 1.54) is 18.3 Å². The van der Waals surface area contributed by atoms with Gasteiger partial charge in [-0.2, -0.15) is 5.10 Å². The molecule has 1 heterocycles. The number of non-ortho nitro benzene ring substituents is 1. The Morgan fingerprint density at radius 3 is 2.73 bits per heavy atom. The zero-order valence-corrected chi connectivity index (χ0v) is 14.4. The summed E-state index contributed by atoms with van der Waals surface area (Å²) in [5, 5.41) is 17.1. The Balaban J connectivity index is 1.94. The number of carbonyl (C=O) groups excluding carboxylic acids is 2. The number of hydrogen-bond donors (Lipinski definition) is 2. The number of rotatable bonds is 6. The fourth-order valence-electron chi connectivity index (χ4n) is 1.92. The molecule has 2 N–H and O–H groups in total. The van der Waals surface area contributed by atoms with Crippen molar-refractivity contribution in [3.8, 4) is 0 Å². The van der Waals surface area contributed by atoms with Crippen molar-refractivity contribution in [1.82, 2.24) is 10.4 Å². The monoisotopic (exact) mass is 375 g/mol. The molecule has 26 heavy (non-hydrogen) atoms. The summed E-state index contributed by atoms with van der Waals surface area (Å²) in [6.45, 7) is 1.57. The topological polar surface area (TPSA) is 127 Å². The number of hydrogen-bond acceptors (Lipinski definition) is 6. The maximum atomic E-state index is 12.0. The Morgan fingerprint density at radius 1 is 1.35 bits per heavy atom. The van der Waals surface area contributed by atoms with Crippen LogP contribution in [-0.2, 0) is 4.79 Å². The van der Waals surface area contributed by atoms with Crippen LogP contribution in [-0.4, -0.2) is 27.4 Å². The molecule has 0 aliphatic carbocycles. The van der Waals surface area contributed by atoms with E-state index in [0.29, 0.717) is 11.4 Å². The van der Waals surface area contributed by atoms with Crippen molar-refractivity contribution in [2.75, 3.05) is 5.32 Å². The van der Waals surface area contributed by atoms with Gasteiger partial charge in [0.2, 0.25) is 5.91 Å². The first-order valence-electron chi connectivity index (χ1n) is 7.34. The summed E-state index contributed by atoms with van der Waals surface area (Å²) < 4.78 is 0. The molecular formula is C16H14ClN5O4. The largest absolute Gasteiger partial charge is 0.324 e. The number of benzene rings is 1. The first-order chi connectivity index (χ1) is 12.4. The van der Waals surface area contributed by atoms with Gasteiger partial charge >= 0.3 is 0 Å². The van der Waals surface area contributed by atoms with Crippen LogP contribution < -0.4 is 10.7 Å². The van der Waals surface area contributed by atoms with Gasteiger partial charge in [0.25, 0.3) is 11.6 Å². The van der Waals surface area contributed by atoms with Gasteiger partial charge in [-0.25, -0.2) is 5.43 Å². The van der Waals surface area contributed by atoms with Crippen LogP contribution in [0.2, 0.25) is 5.02 Å². The number of nitro benzene ring substituents is 1. The fourth-order valence-corrected chi connectivity index (χ4v) is 2.18. The molecule has 2 rings (SSSR count). The van der Waals surface area contributed by atoms with E-state index >= 15 is 0 Å². The Kier molecular flexibility index (Phi) is 6.34. The first-order valence-corrected chi connectivity index (χ1v) is 7.72. The van der Waals surface area contributed by atoms with Crippen LogP contribution in [0.1, 0.15) is 23.7 Å². The normalized spacial score (nSPS) is 10.9. The lowest BCUT2D eigenvalue weighted by Crippen LogP contribution is -2.21. The van der Waals surface area contributed by atoms with E-state index in [0.717, 1.165) is 6.07 Å². The third-order valence-corrected chi connectivity index (χ3v) is 3.43. The van der Waals surface area contributed by atoms with E-state index in [9.17, 15) is 19.7 Å². The van der Waals surface area contributed by atoms with Crippen LogP contribution in [0.25, 0.3) is 0 Å². The summed E-state index contributed by atoms with van der Waals surface area (Å²) in [4.78, 5) is 37.9. The van der Waals surface area contributed by atoms with Crippen LogP contribution in [0.4, 0.5) is 11.4 Å². The summed E-state index contributed by atoms with van der Waals surface area (Å²) in [6.07, 6.45) is 3.05. The van der Waals surface area contributed by atoms with Crippen molar-refractivity contribution in [2.24, 2.45) is 5.10 Å². The van der Waals surface area contributed by atoms with Gasteiger partial charge < -0.3 is 5.32 Å². The molecular weight excluding hydrogens is 362 g/mol. The molecule has 0 fully saturated rings. The standard InChI is InChI=1S/C16H14ClN5O4/c1-10(7-15(23)19-11-3-2-6-18-9-11)20-21-16(24)13-5-4-12(22(25)26)8-14(13)17/h2-6,8-9H,7H2,1H3,(H,19,23)(H,21,24)/b20-10+. The Labute approximate surface area is 153 Å². The lowest BCUT2D eigenvalue weighted by Gasteiger charge is -2.06. The summed E-state index contributed by atoms with van der Waals surface area (Å²) in [6, 6.07) is 6.85. The predicted molar refractivity (Wildman–Crippen MR) is 96.2 cm³/mol. The van der Waals surface area contributed by atoms with Crippen molar-refractivity contribution in [3.63, 3.8) is 0 Å². The average molecular weight is 376 g/mol. The second-order valence-electron chi connectivity index (χ2n) is 5.18. The minimum Gasteiger partial charge on any atom is -0.324 e. The molecule has 1 aromatic carbocycles. The van der Waals surface area contributed by atoms with Crippen molar-refractivity contribution in [3.05, 3.63) is 63.4 Å². The van der Waals surface area contributed by atoms with E-state index < -0.39 is 10.8 Å². The molecule has 2 amide bonds. The van der Waals surface area contributed by atoms with E-state index in [4.69, 9.17) is 11.6 Å². The third-order valence-electron chi connectivity index (χ3n) is 3.12. The number of aromatic nitrogens is 1. The van der Waals surface area contributed by atoms with Crippen molar-refractivity contribution in [2.45, 2.75) is 13.3 Å². The highest BCUT2D eigenvalue weighted by molar-refractivity contribution is 6.34. The molecule has 0 aliphatic rings. The van der Waals surface area contributed by atoms with Gasteiger partial charge in [-0.3, -0.25) is 24.7 Å². The second kappa shape index (κ2) is 8.67. The van der Waals surface area contributed by atoms with Crippen molar-refractivity contribution in [1.29, 1.82) is 0 Å². The van der Waals surface area contributed by atoms with Gasteiger partial charge in [0.1, 0.15) is 0 Å². The summed E-state index contributed by atoms with van der Waals surface area (Å²) in [5.74, 6) is -0.959. The summed E-state index contributed by atoms with van der Waals surface area (Å²) >= 11 is 5.87. The molecule has 0 spiro atoms.